The molecular formula is C12H18O4. The van der Waals surface area contributed by atoms with Gasteiger partial charge in [0.2, 0.25) is 0 Å². The zero-order valence-corrected chi connectivity index (χ0v) is 9.26. The Morgan fingerprint density at radius 3 is 2.56 bits per heavy atom. The molecular weight excluding hydrogens is 208 g/mol. The molecule has 0 saturated carbocycles. The molecule has 0 amide bonds. The minimum Gasteiger partial charge on any atom is -0.481 e. The summed E-state index contributed by atoms with van der Waals surface area (Å²) in [5.41, 5.74) is 0. The Bertz CT molecular complexity index is 283. The molecule has 0 radical (unpaired) electrons. The number of carboxylic acid groups (broad SMARTS) is 2. The predicted molar refractivity (Wildman–Crippen MR) is 59.1 cm³/mol. The second-order valence-electron chi connectivity index (χ2n) is 4.36. The highest BCUT2D eigenvalue weighted by Crippen LogP contribution is 2.25. The van der Waals surface area contributed by atoms with E-state index in [1.165, 1.54) is 0 Å². The van der Waals surface area contributed by atoms with Gasteiger partial charge in [0.15, 0.2) is 0 Å². The monoisotopic (exact) mass is 226 g/mol. The molecule has 1 aliphatic carbocycles. The van der Waals surface area contributed by atoms with Gasteiger partial charge in [0.25, 0.3) is 0 Å². The third kappa shape index (κ3) is 4.47. The molecule has 0 saturated heterocycles. The van der Waals surface area contributed by atoms with Crippen LogP contribution in [-0.4, -0.2) is 22.2 Å². The number of carbonyl (C=O) groups is 2. The lowest BCUT2D eigenvalue weighted by atomic mass is 9.86. The molecule has 0 aliphatic heterocycles. The molecule has 16 heavy (non-hydrogen) atoms. The van der Waals surface area contributed by atoms with Crippen molar-refractivity contribution in [2.45, 2.75) is 38.5 Å². The van der Waals surface area contributed by atoms with Crippen molar-refractivity contribution in [1.29, 1.82) is 0 Å². The molecule has 0 aromatic heterocycles. The molecule has 90 valence electrons. The SMILES string of the molecule is O=C(O)CC(CCC1CC=CCC1)C(=O)O. The van der Waals surface area contributed by atoms with E-state index in [1.54, 1.807) is 0 Å². The molecule has 2 atom stereocenters. The summed E-state index contributed by atoms with van der Waals surface area (Å²) in [6.07, 6.45) is 8.44. The van der Waals surface area contributed by atoms with Gasteiger partial charge in [-0.1, -0.05) is 12.2 Å². The van der Waals surface area contributed by atoms with Gasteiger partial charge < -0.3 is 10.2 Å². The van der Waals surface area contributed by atoms with E-state index in [-0.39, 0.29) is 6.42 Å². The van der Waals surface area contributed by atoms with Crippen molar-refractivity contribution in [3.05, 3.63) is 12.2 Å². The first-order valence-corrected chi connectivity index (χ1v) is 5.69. The molecule has 0 heterocycles. The summed E-state index contributed by atoms with van der Waals surface area (Å²) in [4.78, 5) is 21.3. The molecule has 0 fully saturated rings. The van der Waals surface area contributed by atoms with Crippen LogP contribution in [0.2, 0.25) is 0 Å². The van der Waals surface area contributed by atoms with E-state index < -0.39 is 17.9 Å². The van der Waals surface area contributed by atoms with Gasteiger partial charge in [0, 0.05) is 0 Å². The molecule has 1 aliphatic rings. The van der Waals surface area contributed by atoms with Crippen molar-refractivity contribution in [1.82, 2.24) is 0 Å². The van der Waals surface area contributed by atoms with Crippen LogP contribution in [0, 0.1) is 11.8 Å². The maximum absolute atomic E-state index is 10.8. The Labute approximate surface area is 95.0 Å². The first-order valence-electron chi connectivity index (χ1n) is 5.69. The van der Waals surface area contributed by atoms with E-state index in [2.05, 4.69) is 12.2 Å². The van der Waals surface area contributed by atoms with Crippen LogP contribution in [0.15, 0.2) is 12.2 Å². The van der Waals surface area contributed by atoms with Crippen LogP contribution < -0.4 is 0 Å². The Kier molecular flexibility index (Phi) is 5.02. The molecule has 1 rings (SSSR count). The van der Waals surface area contributed by atoms with Crippen LogP contribution in [0.5, 0.6) is 0 Å². The minimum atomic E-state index is -1.03. The van der Waals surface area contributed by atoms with Crippen molar-refractivity contribution in [3.8, 4) is 0 Å². The van der Waals surface area contributed by atoms with Crippen LogP contribution in [0.4, 0.5) is 0 Å². The number of rotatable bonds is 6. The topological polar surface area (TPSA) is 74.6 Å². The molecule has 0 bridgehead atoms. The normalized spacial score (nSPS) is 21.6. The molecule has 2 unspecified atom stereocenters. The van der Waals surface area contributed by atoms with E-state index >= 15 is 0 Å². The van der Waals surface area contributed by atoms with Crippen LogP contribution in [0.3, 0.4) is 0 Å². The van der Waals surface area contributed by atoms with E-state index in [0.717, 1.165) is 25.7 Å². The lowest BCUT2D eigenvalue weighted by Gasteiger charge is -2.19. The van der Waals surface area contributed by atoms with Gasteiger partial charge in [-0.15, -0.1) is 0 Å². The smallest absolute Gasteiger partial charge is 0.307 e. The Morgan fingerprint density at radius 1 is 1.31 bits per heavy atom. The second kappa shape index (κ2) is 6.30. The average molecular weight is 226 g/mol. The predicted octanol–water partition coefficient (Wildman–Crippen LogP) is 2.30. The zero-order chi connectivity index (χ0) is 12.0. The number of hydrogen-bond acceptors (Lipinski definition) is 2. The first kappa shape index (κ1) is 12.7. The van der Waals surface area contributed by atoms with E-state index in [0.29, 0.717) is 12.3 Å². The van der Waals surface area contributed by atoms with Gasteiger partial charge in [-0.3, -0.25) is 9.59 Å². The lowest BCUT2D eigenvalue weighted by Crippen LogP contribution is -2.19. The Morgan fingerprint density at radius 2 is 2.06 bits per heavy atom. The molecule has 0 spiro atoms. The van der Waals surface area contributed by atoms with Crippen LogP contribution in [0.1, 0.15) is 38.5 Å². The van der Waals surface area contributed by atoms with E-state index in [9.17, 15) is 9.59 Å². The largest absolute Gasteiger partial charge is 0.481 e. The van der Waals surface area contributed by atoms with Crippen LogP contribution in [-0.2, 0) is 9.59 Å². The third-order valence-electron chi connectivity index (χ3n) is 3.07. The van der Waals surface area contributed by atoms with Crippen molar-refractivity contribution in [2.24, 2.45) is 11.8 Å². The van der Waals surface area contributed by atoms with Crippen LogP contribution >= 0.6 is 0 Å². The maximum Gasteiger partial charge on any atom is 0.307 e. The Balaban J connectivity index is 2.34. The van der Waals surface area contributed by atoms with E-state index in [4.69, 9.17) is 10.2 Å². The molecule has 4 nitrogen and oxygen atoms in total. The number of aliphatic carboxylic acids is 2. The molecule has 2 N–H and O–H groups in total. The fraction of sp³-hybridized carbons (Fsp3) is 0.667. The van der Waals surface area contributed by atoms with Gasteiger partial charge in [-0.05, 0) is 38.0 Å². The summed E-state index contributed by atoms with van der Waals surface area (Å²) in [5.74, 6) is -2.23. The van der Waals surface area contributed by atoms with Gasteiger partial charge in [0.05, 0.1) is 12.3 Å². The molecule has 4 heteroatoms. The average Bonchev–Trinajstić information content (AvgIpc) is 2.25. The van der Waals surface area contributed by atoms with Gasteiger partial charge in [-0.2, -0.15) is 0 Å². The highest BCUT2D eigenvalue weighted by atomic mass is 16.4. The summed E-state index contributed by atoms with van der Waals surface area (Å²) in [6, 6.07) is 0. The van der Waals surface area contributed by atoms with Crippen LogP contribution in [0.25, 0.3) is 0 Å². The van der Waals surface area contributed by atoms with Crippen molar-refractivity contribution >= 4 is 11.9 Å². The van der Waals surface area contributed by atoms with Crippen molar-refractivity contribution < 1.29 is 19.8 Å². The fourth-order valence-electron chi connectivity index (χ4n) is 2.08. The number of carboxylic acids is 2. The number of hydrogen-bond donors (Lipinski definition) is 2. The van der Waals surface area contributed by atoms with Gasteiger partial charge in [-0.25, -0.2) is 0 Å². The Hall–Kier alpha value is -1.32. The summed E-state index contributed by atoms with van der Waals surface area (Å²) < 4.78 is 0. The fourth-order valence-corrected chi connectivity index (χ4v) is 2.08. The van der Waals surface area contributed by atoms with Gasteiger partial charge in [0.1, 0.15) is 0 Å². The van der Waals surface area contributed by atoms with Crippen molar-refractivity contribution in [2.75, 3.05) is 0 Å². The van der Waals surface area contributed by atoms with Gasteiger partial charge >= 0.3 is 11.9 Å². The number of allylic oxidation sites excluding steroid dienone is 2. The highest BCUT2D eigenvalue weighted by molar-refractivity contribution is 5.77. The standard InChI is InChI=1S/C12H18O4/c13-11(14)8-10(12(15)16)7-6-9-4-2-1-3-5-9/h1-2,9-10H,3-8H2,(H,13,14)(H,15,16). The summed E-state index contributed by atoms with van der Waals surface area (Å²) >= 11 is 0. The second-order valence-corrected chi connectivity index (χ2v) is 4.36. The maximum atomic E-state index is 10.8. The summed E-state index contributed by atoms with van der Waals surface area (Å²) in [5, 5.41) is 17.5. The highest BCUT2D eigenvalue weighted by Gasteiger charge is 2.22. The quantitative estimate of drug-likeness (QED) is 0.681. The molecule has 0 aromatic carbocycles. The summed E-state index contributed by atoms with van der Waals surface area (Å²) in [7, 11) is 0. The lowest BCUT2D eigenvalue weighted by molar-refractivity contribution is -0.148. The van der Waals surface area contributed by atoms with Crippen molar-refractivity contribution in [3.63, 3.8) is 0 Å². The summed E-state index contributed by atoms with van der Waals surface area (Å²) in [6.45, 7) is 0. The minimum absolute atomic E-state index is 0.266. The zero-order valence-electron chi connectivity index (χ0n) is 9.26. The van der Waals surface area contributed by atoms with E-state index in [1.807, 2.05) is 0 Å². The third-order valence-corrected chi connectivity index (χ3v) is 3.07. The first-order chi connectivity index (χ1) is 7.59. The molecule has 0 aromatic rings.